The molecule has 0 spiro atoms. The molecule has 0 atom stereocenters. The van der Waals surface area contributed by atoms with Crippen LogP contribution < -0.4 is 10.9 Å². The Morgan fingerprint density at radius 3 is 2.49 bits per heavy atom. The highest BCUT2D eigenvalue weighted by atomic mass is 32.2. The molecule has 1 amide bonds. The molecule has 1 N–H and O–H groups in total. The van der Waals surface area contributed by atoms with Gasteiger partial charge in [-0.25, -0.2) is 0 Å². The number of rotatable bonds is 11. The molecular formula is C27H32N4O2S2. The van der Waals surface area contributed by atoms with Crippen LogP contribution in [0.25, 0.3) is 6.08 Å². The first-order valence-corrected chi connectivity index (χ1v) is 13.3. The fourth-order valence-corrected chi connectivity index (χ4v) is 5.39. The van der Waals surface area contributed by atoms with Gasteiger partial charge in [0.2, 0.25) is 0 Å². The molecule has 2 heterocycles. The minimum Gasteiger partial charge on any atom is -0.367 e. The van der Waals surface area contributed by atoms with E-state index in [0.717, 1.165) is 18.4 Å². The van der Waals surface area contributed by atoms with Crippen molar-refractivity contribution in [2.45, 2.75) is 58.9 Å². The topological polar surface area (TPSA) is 78.1 Å². The monoisotopic (exact) mass is 508 g/mol. The standard InChI is InChI=1S/C27H32N4O2S2/c1-4-5-6-7-8-12-15-31-26(33)23(35-27(31)34)16-21-19(2)22(17-28)25(32)30(3)24(21)29-18-20-13-10-9-11-14-20/h9-11,13-14,16,29H,4-8,12,15,18H2,1-3H3/b23-16+. The van der Waals surface area contributed by atoms with E-state index in [1.54, 1.807) is 24.9 Å². The number of carbonyl (C=O) groups excluding carboxylic acids is 1. The van der Waals surface area contributed by atoms with Crippen molar-refractivity contribution in [3.8, 4) is 6.07 Å². The van der Waals surface area contributed by atoms with Crippen LogP contribution in [0.2, 0.25) is 0 Å². The van der Waals surface area contributed by atoms with E-state index < -0.39 is 0 Å². The molecule has 3 rings (SSSR count). The minimum absolute atomic E-state index is 0.0755. The molecule has 35 heavy (non-hydrogen) atoms. The van der Waals surface area contributed by atoms with E-state index in [0.29, 0.717) is 39.3 Å². The first-order chi connectivity index (χ1) is 16.9. The summed E-state index contributed by atoms with van der Waals surface area (Å²) in [5.41, 5.74) is 1.96. The van der Waals surface area contributed by atoms with Gasteiger partial charge in [-0.2, -0.15) is 5.26 Å². The van der Waals surface area contributed by atoms with Gasteiger partial charge in [-0.15, -0.1) is 0 Å². The number of nitrogens with zero attached hydrogens (tertiary/aromatic N) is 3. The van der Waals surface area contributed by atoms with Gasteiger partial charge in [0.1, 0.15) is 21.8 Å². The van der Waals surface area contributed by atoms with E-state index in [-0.39, 0.29) is 17.0 Å². The summed E-state index contributed by atoms with van der Waals surface area (Å²) in [6.07, 6.45) is 8.61. The predicted octanol–water partition coefficient (Wildman–Crippen LogP) is 5.74. The van der Waals surface area contributed by atoms with Gasteiger partial charge < -0.3 is 5.32 Å². The lowest BCUT2D eigenvalue weighted by atomic mass is 10.0. The molecule has 1 aromatic heterocycles. The summed E-state index contributed by atoms with van der Waals surface area (Å²) in [4.78, 5) is 28.2. The van der Waals surface area contributed by atoms with Crippen LogP contribution in [-0.2, 0) is 18.4 Å². The van der Waals surface area contributed by atoms with Crippen LogP contribution in [0.5, 0.6) is 0 Å². The van der Waals surface area contributed by atoms with Gasteiger partial charge in [0, 0.05) is 25.7 Å². The van der Waals surface area contributed by atoms with Crippen molar-refractivity contribution in [2.24, 2.45) is 7.05 Å². The number of amides is 1. The summed E-state index contributed by atoms with van der Waals surface area (Å²) in [6, 6.07) is 11.9. The summed E-state index contributed by atoms with van der Waals surface area (Å²) < 4.78 is 1.99. The molecule has 0 aliphatic carbocycles. The van der Waals surface area contributed by atoms with Crippen LogP contribution in [-0.4, -0.2) is 26.2 Å². The fraction of sp³-hybridized carbons (Fsp3) is 0.407. The molecule has 1 aliphatic heterocycles. The smallest absolute Gasteiger partial charge is 0.270 e. The Bertz CT molecular complexity index is 1210. The van der Waals surface area contributed by atoms with Crippen molar-refractivity contribution in [1.29, 1.82) is 5.26 Å². The number of anilines is 1. The van der Waals surface area contributed by atoms with Gasteiger partial charge in [0.15, 0.2) is 0 Å². The summed E-state index contributed by atoms with van der Waals surface area (Å²) >= 11 is 6.79. The molecule has 8 heteroatoms. The molecule has 1 aromatic carbocycles. The largest absolute Gasteiger partial charge is 0.367 e. The molecule has 0 radical (unpaired) electrons. The van der Waals surface area contributed by atoms with Gasteiger partial charge in [0.05, 0.1) is 4.91 Å². The highest BCUT2D eigenvalue weighted by Crippen LogP contribution is 2.35. The van der Waals surface area contributed by atoms with Gasteiger partial charge in [-0.1, -0.05) is 93.3 Å². The zero-order chi connectivity index (χ0) is 25.4. The molecule has 0 saturated carbocycles. The van der Waals surface area contributed by atoms with Crippen LogP contribution in [0.15, 0.2) is 40.0 Å². The third-order valence-electron chi connectivity index (χ3n) is 6.19. The van der Waals surface area contributed by atoms with Gasteiger partial charge in [0.25, 0.3) is 11.5 Å². The van der Waals surface area contributed by atoms with E-state index >= 15 is 0 Å². The van der Waals surface area contributed by atoms with Crippen molar-refractivity contribution >= 4 is 46.1 Å². The SMILES string of the molecule is CCCCCCCCN1C(=O)/C(=C\c2c(C)c(C#N)c(=O)n(C)c2NCc2ccccc2)SC1=S. The molecule has 1 fully saturated rings. The van der Waals surface area contributed by atoms with Crippen molar-refractivity contribution in [3.05, 3.63) is 67.8 Å². The number of nitrogens with one attached hydrogen (secondary N) is 1. The third kappa shape index (κ3) is 6.41. The minimum atomic E-state index is -0.367. The van der Waals surface area contributed by atoms with Crippen molar-refractivity contribution in [1.82, 2.24) is 9.47 Å². The van der Waals surface area contributed by atoms with E-state index in [1.807, 2.05) is 36.4 Å². The first kappa shape index (κ1) is 26.7. The normalized spacial score (nSPS) is 14.6. The average molecular weight is 509 g/mol. The van der Waals surface area contributed by atoms with Gasteiger partial charge >= 0.3 is 0 Å². The number of hydrogen-bond donors (Lipinski definition) is 1. The molecule has 0 bridgehead atoms. The highest BCUT2D eigenvalue weighted by Gasteiger charge is 2.32. The molecule has 0 unspecified atom stereocenters. The molecule has 184 valence electrons. The number of carbonyl (C=O) groups is 1. The van der Waals surface area contributed by atoms with E-state index in [2.05, 4.69) is 12.2 Å². The Balaban J connectivity index is 1.87. The van der Waals surface area contributed by atoms with Crippen LogP contribution >= 0.6 is 24.0 Å². The van der Waals surface area contributed by atoms with E-state index in [1.165, 1.54) is 42.0 Å². The van der Waals surface area contributed by atoms with E-state index in [4.69, 9.17) is 12.2 Å². The Morgan fingerprint density at radius 1 is 1.11 bits per heavy atom. The quantitative estimate of drug-likeness (QED) is 0.237. The molecule has 1 aliphatic rings. The second-order valence-corrected chi connectivity index (χ2v) is 10.4. The Labute approximate surface area is 217 Å². The number of unbranched alkanes of at least 4 members (excludes halogenated alkanes) is 5. The molecule has 2 aromatic rings. The number of thioether (sulfide) groups is 1. The summed E-state index contributed by atoms with van der Waals surface area (Å²) in [7, 11) is 1.64. The maximum Gasteiger partial charge on any atom is 0.270 e. The number of pyridine rings is 1. The number of thiocarbonyl (C=S) groups is 1. The fourth-order valence-electron chi connectivity index (χ4n) is 4.10. The first-order valence-electron chi connectivity index (χ1n) is 12.1. The number of benzene rings is 1. The molecule has 6 nitrogen and oxygen atoms in total. The van der Waals surface area contributed by atoms with Gasteiger partial charge in [-0.05, 0) is 30.5 Å². The second-order valence-electron chi connectivity index (χ2n) is 8.68. The van der Waals surface area contributed by atoms with Crippen LogP contribution in [0.3, 0.4) is 0 Å². The Kier molecular flexibility index (Phi) is 9.70. The highest BCUT2D eigenvalue weighted by molar-refractivity contribution is 8.26. The lowest BCUT2D eigenvalue weighted by Crippen LogP contribution is -2.29. The molecule has 1 saturated heterocycles. The van der Waals surface area contributed by atoms with Crippen LogP contribution in [0.4, 0.5) is 5.82 Å². The lowest BCUT2D eigenvalue weighted by Gasteiger charge is -2.18. The second kappa shape index (κ2) is 12.7. The maximum absolute atomic E-state index is 13.2. The predicted molar refractivity (Wildman–Crippen MR) is 148 cm³/mol. The number of aromatic nitrogens is 1. The average Bonchev–Trinajstić information content (AvgIpc) is 3.12. The van der Waals surface area contributed by atoms with Crippen molar-refractivity contribution in [2.75, 3.05) is 11.9 Å². The Hall–Kier alpha value is -2.89. The zero-order valence-electron chi connectivity index (χ0n) is 20.6. The van der Waals surface area contributed by atoms with Crippen LogP contribution in [0.1, 0.15) is 67.7 Å². The zero-order valence-corrected chi connectivity index (χ0v) is 22.2. The third-order valence-corrected chi connectivity index (χ3v) is 7.56. The lowest BCUT2D eigenvalue weighted by molar-refractivity contribution is -0.122. The van der Waals surface area contributed by atoms with Crippen LogP contribution in [0, 0.1) is 18.3 Å². The van der Waals surface area contributed by atoms with E-state index in [9.17, 15) is 14.9 Å². The maximum atomic E-state index is 13.2. The number of nitriles is 1. The summed E-state index contributed by atoms with van der Waals surface area (Å²) in [5, 5.41) is 13.0. The van der Waals surface area contributed by atoms with Crippen molar-refractivity contribution < 1.29 is 4.79 Å². The van der Waals surface area contributed by atoms with Crippen molar-refractivity contribution in [3.63, 3.8) is 0 Å². The summed E-state index contributed by atoms with van der Waals surface area (Å²) in [5.74, 6) is 0.450. The molecular weight excluding hydrogens is 476 g/mol. The summed E-state index contributed by atoms with van der Waals surface area (Å²) in [6.45, 7) is 5.06. The van der Waals surface area contributed by atoms with Gasteiger partial charge in [-0.3, -0.25) is 19.1 Å². The Morgan fingerprint density at radius 2 is 1.80 bits per heavy atom. The number of hydrogen-bond acceptors (Lipinski definition) is 6.